The molecule has 4 nitrogen and oxygen atoms in total. The van der Waals surface area contributed by atoms with E-state index in [4.69, 9.17) is 4.42 Å². The van der Waals surface area contributed by atoms with Gasteiger partial charge in [0.1, 0.15) is 0 Å². The predicted octanol–water partition coefficient (Wildman–Crippen LogP) is 3.53. The van der Waals surface area contributed by atoms with Crippen molar-refractivity contribution in [2.24, 2.45) is 0 Å². The molecular weight excluding hydrogens is 358 g/mol. The maximum absolute atomic E-state index is 12.1. The van der Waals surface area contributed by atoms with Crippen molar-refractivity contribution < 1.29 is 9.21 Å². The maximum Gasteiger partial charge on any atom is 0.344 e. The molecule has 0 atom stereocenters. The summed E-state index contributed by atoms with van der Waals surface area (Å²) in [5, 5.41) is 3.89. The third-order valence-corrected chi connectivity index (χ3v) is 3.98. The second-order valence-electron chi connectivity index (χ2n) is 5.12. The molecule has 2 aromatic carbocycles. The van der Waals surface area contributed by atoms with Gasteiger partial charge >= 0.3 is 5.63 Å². The molecular formula is C18H14BrNO3. The Balaban J connectivity index is 1.73. The zero-order chi connectivity index (χ0) is 16.2. The second-order valence-corrected chi connectivity index (χ2v) is 6.04. The summed E-state index contributed by atoms with van der Waals surface area (Å²) in [5.41, 5.74) is 0.620. The van der Waals surface area contributed by atoms with Crippen LogP contribution in [0.3, 0.4) is 0 Å². The summed E-state index contributed by atoms with van der Waals surface area (Å²) < 4.78 is 5.91. The van der Waals surface area contributed by atoms with Crippen molar-refractivity contribution in [1.29, 1.82) is 0 Å². The van der Waals surface area contributed by atoms with Gasteiger partial charge < -0.3 is 9.73 Å². The molecule has 1 amide bonds. The lowest BCUT2D eigenvalue weighted by Gasteiger charge is -2.05. The summed E-state index contributed by atoms with van der Waals surface area (Å²) in [6.45, 7) is 0.477. The lowest BCUT2D eigenvalue weighted by Crippen LogP contribution is -2.26. The van der Waals surface area contributed by atoms with Crippen molar-refractivity contribution in [1.82, 2.24) is 5.32 Å². The summed E-state index contributed by atoms with van der Waals surface area (Å²) in [4.78, 5) is 24.1. The zero-order valence-electron chi connectivity index (χ0n) is 12.2. The van der Waals surface area contributed by atoms with E-state index < -0.39 is 5.63 Å². The Kier molecular flexibility index (Phi) is 4.57. The van der Waals surface area contributed by atoms with Crippen LogP contribution in [0.1, 0.15) is 16.1 Å². The van der Waals surface area contributed by atoms with Gasteiger partial charge in [0.05, 0.1) is 5.39 Å². The van der Waals surface area contributed by atoms with Gasteiger partial charge in [0.25, 0.3) is 5.91 Å². The molecule has 1 aromatic heterocycles. The molecule has 0 aliphatic heterocycles. The van der Waals surface area contributed by atoms with Crippen molar-refractivity contribution in [3.8, 4) is 0 Å². The molecule has 0 spiro atoms. The number of nitrogens with one attached hydrogen (secondary N) is 1. The van der Waals surface area contributed by atoms with E-state index in [9.17, 15) is 9.59 Å². The average Bonchev–Trinajstić information content (AvgIpc) is 2.56. The number of rotatable bonds is 4. The topological polar surface area (TPSA) is 59.3 Å². The first-order valence-corrected chi connectivity index (χ1v) is 7.98. The molecule has 0 saturated carbocycles. The van der Waals surface area contributed by atoms with E-state index in [0.29, 0.717) is 17.3 Å². The van der Waals surface area contributed by atoms with Gasteiger partial charge in [-0.05, 0) is 35.6 Å². The van der Waals surface area contributed by atoms with Crippen LogP contribution in [0.2, 0.25) is 0 Å². The van der Waals surface area contributed by atoms with Gasteiger partial charge in [0, 0.05) is 11.0 Å². The van der Waals surface area contributed by atoms with Gasteiger partial charge in [-0.3, -0.25) is 4.79 Å². The minimum Gasteiger partial charge on any atom is -0.417 e. The van der Waals surface area contributed by atoms with Crippen LogP contribution in [-0.2, 0) is 6.42 Å². The highest BCUT2D eigenvalue weighted by Crippen LogP contribution is 2.18. The van der Waals surface area contributed by atoms with Gasteiger partial charge in [-0.15, -0.1) is 0 Å². The molecule has 1 N–H and O–H groups in total. The number of carbonyl (C=O) groups is 1. The van der Waals surface area contributed by atoms with E-state index in [2.05, 4.69) is 21.2 Å². The third kappa shape index (κ3) is 3.68. The van der Waals surface area contributed by atoms with Crippen LogP contribution in [0.15, 0.2) is 68.3 Å². The van der Waals surface area contributed by atoms with E-state index in [-0.39, 0.29) is 11.7 Å². The molecule has 0 aliphatic rings. The molecule has 3 rings (SSSR count). The van der Waals surface area contributed by atoms with Crippen molar-refractivity contribution in [2.45, 2.75) is 6.42 Å². The van der Waals surface area contributed by atoms with Gasteiger partial charge in [-0.1, -0.05) is 52.3 Å². The third-order valence-electron chi connectivity index (χ3n) is 3.49. The average molecular weight is 372 g/mol. The molecule has 0 unspecified atom stereocenters. The monoisotopic (exact) mass is 371 g/mol. The lowest BCUT2D eigenvalue weighted by molar-refractivity contribution is 0.0922. The predicted molar refractivity (Wildman–Crippen MR) is 92.7 cm³/mol. The van der Waals surface area contributed by atoms with Gasteiger partial charge in [-0.25, -0.2) is 4.79 Å². The summed E-state index contributed by atoms with van der Waals surface area (Å²) in [6.07, 6.45) is 0.720. The molecule has 0 fully saturated rings. The number of fused-ring (bicyclic) bond motifs is 1. The van der Waals surface area contributed by atoms with Crippen LogP contribution < -0.4 is 10.9 Å². The minimum atomic E-state index is -0.517. The molecule has 0 radical (unpaired) electrons. The van der Waals surface area contributed by atoms with Crippen molar-refractivity contribution in [3.63, 3.8) is 0 Å². The molecule has 116 valence electrons. The van der Waals surface area contributed by atoms with Gasteiger partial charge in [0.2, 0.25) is 0 Å². The smallest absolute Gasteiger partial charge is 0.344 e. The van der Waals surface area contributed by atoms with Crippen LogP contribution >= 0.6 is 15.9 Å². The molecule has 0 saturated heterocycles. The molecule has 23 heavy (non-hydrogen) atoms. The van der Waals surface area contributed by atoms with Crippen molar-refractivity contribution in [3.05, 3.63) is 80.8 Å². The lowest BCUT2D eigenvalue weighted by atomic mass is 10.1. The van der Waals surface area contributed by atoms with Crippen LogP contribution in [0.5, 0.6) is 0 Å². The van der Waals surface area contributed by atoms with E-state index in [1.54, 1.807) is 18.2 Å². The fraction of sp³-hybridized carbons (Fsp3) is 0.111. The molecule has 3 aromatic rings. The number of hydrogen-bond donors (Lipinski definition) is 1. The van der Waals surface area contributed by atoms with E-state index >= 15 is 0 Å². The van der Waals surface area contributed by atoms with E-state index in [1.165, 1.54) is 0 Å². The molecule has 1 heterocycles. The Morgan fingerprint density at radius 3 is 2.65 bits per heavy atom. The number of carbonyl (C=O) groups excluding carboxylic acids is 1. The van der Waals surface area contributed by atoms with Gasteiger partial charge in [-0.2, -0.15) is 0 Å². The quantitative estimate of drug-likeness (QED) is 0.762. The Morgan fingerprint density at radius 1 is 1.09 bits per heavy atom. The van der Waals surface area contributed by atoms with Crippen LogP contribution in [0.25, 0.3) is 10.8 Å². The number of amides is 1. The normalized spacial score (nSPS) is 10.7. The Labute approximate surface area is 141 Å². The largest absolute Gasteiger partial charge is 0.417 e. The summed E-state index contributed by atoms with van der Waals surface area (Å²) in [6, 6.07) is 16.7. The van der Waals surface area contributed by atoms with Crippen LogP contribution in [-0.4, -0.2) is 12.5 Å². The summed E-state index contributed by atoms with van der Waals surface area (Å²) >= 11 is 3.31. The van der Waals surface area contributed by atoms with Gasteiger partial charge in [0.15, 0.2) is 5.76 Å². The van der Waals surface area contributed by atoms with E-state index in [0.717, 1.165) is 16.5 Å². The first-order chi connectivity index (χ1) is 11.1. The number of halogens is 1. The SMILES string of the molecule is O=C(NCCc1ccccc1)c1cc2ccc(Br)cc2c(=O)o1. The number of hydrogen-bond acceptors (Lipinski definition) is 3. The second kappa shape index (κ2) is 6.79. The minimum absolute atomic E-state index is 0.0258. The van der Waals surface area contributed by atoms with Crippen molar-refractivity contribution in [2.75, 3.05) is 6.54 Å². The number of benzene rings is 2. The maximum atomic E-state index is 12.1. The summed E-state index contributed by atoms with van der Waals surface area (Å²) in [7, 11) is 0. The highest BCUT2D eigenvalue weighted by atomic mass is 79.9. The summed E-state index contributed by atoms with van der Waals surface area (Å²) in [5.74, 6) is -0.360. The molecule has 5 heteroatoms. The fourth-order valence-electron chi connectivity index (χ4n) is 2.32. The zero-order valence-corrected chi connectivity index (χ0v) is 13.8. The van der Waals surface area contributed by atoms with Crippen molar-refractivity contribution >= 4 is 32.6 Å². The van der Waals surface area contributed by atoms with Crippen LogP contribution in [0.4, 0.5) is 0 Å². The highest BCUT2D eigenvalue weighted by molar-refractivity contribution is 9.10. The molecule has 0 bridgehead atoms. The van der Waals surface area contributed by atoms with Crippen LogP contribution in [0, 0.1) is 0 Å². The fourth-order valence-corrected chi connectivity index (χ4v) is 2.68. The Morgan fingerprint density at radius 2 is 1.87 bits per heavy atom. The first kappa shape index (κ1) is 15.5. The highest BCUT2D eigenvalue weighted by Gasteiger charge is 2.12. The first-order valence-electron chi connectivity index (χ1n) is 7.19. The van der Waals surface area contributed by atoms with E-state index in [1.807, 2.05) is 36.4 Å². The Bertz CT molecular complexity index is 903. The standard InChI is InChI=1S/C18H14BrNO3/c19-14-7-6-13-10-16(23-18(22)15(13)11-14)17(21)20-9-8-12-4-2-1-3-5-12/h1-7,10-11H,8-9H2,(H,20,21). The molecule has 0 aliphatic carbocycles. The Hall–Kier alpha value is -2.40.